The van der Waals surface area contributed by atoms with E-state index < -0.39 is 0 Å². The molecule has 1 saturated carbocycles. The third kappa shape index (κ3) is 4.14. The normalized spacial score (nSPS) is 22.4. The topological polar surface area (TPSA) is 92.5 Å². The van der Waals surface area contributed by atoms with Crippen LogP contribution in [0.25, 0.3) is 11.5 Å². The van der Waals surface area contributed by atoms with Crippen molar-refractivity contribution in [2.75, 3.05) is 32.1 Å². The number of likely N-dealkylation sites (tertiary alicyclic amines) is 1. The van der Waals surface area contributed by atoms with E-state index in [1.165, 1.54) is 24.2 Å². The van der Waals surface area contributed by atoms with Crippen molar-refractivity contribution >= 4 is 34.0 Å². The number of aromatic nitrogens is 1. The molecule has 0 radical (unpaired) electrons. The van der Waals surface area contributed by atoms with Gasteiger partial charge in [-0.1, -0.05) is 49.1 Å². The minimum absolute atomic E-state index is 0.105. The molecule has 1 aromatic heterocycles. The lowest BCUT2D eigenvalue weighted by atomic mass is 9.74. The summed E-state index contributed by atoms with van der Waals surface area (Å²) in [6.45, 7) is 9.93. The number of nitrogens with one attached hydrogen (secondary N) is 2. The lowest BCUT2D eigenvalue weighted by molar-refractivity contribution is 0.114. The highest BCUT2D eigenvalue weighted by atomic mass is 32.1. The maximum atomic E-state index is 12.9. The van der Waals surface area contributed by atoms with Gasteiger partial charge >= 0.3 is 6.03 Å². The van der Waals surface area contributed by atoms with Crippen molar-refractivity contribution in [1.82, 2.24) is 15.2 Å². The first-order valence-corrected chi connectivity index (χ1v) is 11.6. The van der Waals surface area contributed by atoms with E-state index in [-0.39, 0.29) is 17.5 Å². The van der Waals surface area contributed by atoms with Crippen molar-refractivity contribution in [3.05, 3.63) is 46.8 Å². The molecular weight excluding hydrogens is 410 g/mol. The Morgan fingerprint density at radius 1 is 1.42 bits per heavy atom. The van der Waals surface area contributed by atoms with Gasteiger partial charge < -0.3 is 20.7 Å². The van der Waals surface area contributed by atoms with E-state index in [4.69, 9.17) is 10.5 Å². The minimum Gasteiger partial charge on any atom is -0.481 e. The molecule has 1 atom stereocenters. The van der Waals surface area contributed by atoms with Gasteiger partial charge in [-0.3, -0.25) is 5.32 Å². The Balaban J connectivity index is 1.53. The monoisotopic (exact) mass is 441 g/mol. The van der Waals surface area contributed by atoms with Crippen LogP contribution >= 0.6 is 11.3 Å². The minimum atomic E-state index is -0.105. The number of methoxy groups -OCH3 is 1. The molecule has 31 heavy (non-hydrogen) atoms. The Labute approximate surface area is 187 Å². The first kappa shape index (κ1) is 21.6. The van der Waals surface area contributed by atoms with Crippen LogP contribution in [0.1, 0.15) is 32.1 Å². The summed E-state index contributed by atoms with van der Waals surface area (Å²) < 4.78 is 6.42. The van der Waals surface area contributed by atoms with Crippen LogP contribution in [0.4, 0.5) is 9.93 Å². The number of carbonyl (C=O) groups excluding carboxylic acids is 1. The number of ether oxygens (including phenoxy) is 1. The third-order valence-electron chi connectivity index (χ3n) is 6.80. The number of anilines is 1. The molecule has 1 saturated heterocycles. The van der Waals surface area contributed by atoms with Crippen molar-refractivity contribution in [1.29, 1.82) is 0 Å². The average molecular weight is 442 g/mol. The van der Waals surface area contributed by atoms with Crippen LogP contribution in [-0.2, 0) is 4.74 Å². The Bertz CT molecular complexity index is 1030. The molecule has 1 aromatic rings. The van der Waals surface area contributed by atoms with Crippen molar-refractivity contribution in [3.63, 3.8) is 0 Å². The number of hydrogen-bond acceptors (Lipinski definition) is 6. The number of carbonyl (C=O) groups is 1. The summed E-state index contributed by atoms with van der Waals surface area (Å²) in [7, 11) is 1.61. The fourth-order valence-corrected chi connectivity index (χ4v) is 5.92. The first-order valence-electron chi connectivity index (χ1n) is 10.8. The second-order valence-electron chi connectivity index (χ2n) is 8.46. The Morgan fingerprint density at radius 3 is 2.84 bits per heavy atom. The smallest absolute Gasteiger partial charge is 0.323 e. The predicted octanol–water partition coefficient (Wildman–Crippen LogP) is 2.03. The predicted molar refractivity (Wildman–Crippen MR) is 126 cm³/mol. The number of allylic oxidation sites excluding steroid dienone is 3. The summed E-state index contributed by atoms with van der Waals surface area (Å²) in [6, 6.07) is 0.169. The molecule has 3 aliphatic rings. The van der Waals surface area contributed by atoms with Crippen molar-refractivity contribution in [2.45, 2.75) is 38.1 Å². The quantitative estimate of drug-likeness (QED) is 0.608. The van der Waals surface area contributed by atoms with Crippen LogP contribution in [0.3, 0.4) is 0 Å². The molecule has 0 aromatic carbocycles. The molecule has 3 heterocycles. The third-order valence-corrected chi connectivity index (χ3v) is 7.83. The van der Waals surface area contributed by atoms with Crippen LogP contribution < -0.4 is 26.2 Å². The number of thiazole rings is 1. The lowest BCUT2D eigenvalue weighted by Gasteiger charge is -2.41. The zero-order chi connectivity index (χ0) is 22.0. The van der Waals surface area contributed by atoms with Gasteiger partial charge in [-0.05, 0) is 42.2 Å². The Hall–Kier alpha value is -2.58. The zero-order valence-electron chi connectivity index (χ0n) is 18.1. The average Bonchev–Trinajstić information content (AvgIpc) is 3.35. The lowest BCUT2D eigenvalue weighted by Crippen LogP contribution is -2.49. The van der Waals surface area contributed by atoms with Gasteiger partial charge in [0.15, 0.2) is 5.13 Å². The Morgan fingerprint density at radius 2 is 2.19 bits per heavy atom. The van der Waals surface area contributed by atoms with Gasteiger partial charge in [-0.2, -0.15) is 0 Å². The summed E-state index contributed by atoms with van der Waals surface area (Å²) in [5, 5.41) is 7.50. The molecule has 7 nitrogen and oxygen atoms in total. The van der Waals surface area contributed by atoms with E-state index in [9.17, 15) is 4.79 Å². The van der Waals surface area contributed by atoms with Gasteiger partial charge in [0.1, 0.15) is 5.35 Å². The number of nitrogens with zero attached hydrogens (tertiary/aromatic N) is 2. The van der Waals surface area contributed by atoms with E-state index >= 15 is 0 Å². The number of nitrogens with two attached hydrogens (primary N) is 1. The summed E-state index contributed by atoms with van der Waals surface area (Å²) in [5.41, 5.74) is 8.51. The van der Waals surface area contributed by atoms with E-state index in [2.05, 4.69) is 28.8 Å². The van der Waals surface area contributed by atoms with Crippen LogP contribution in [0.15, 0.2) is 37.0 Å². The molecule has 1 aliphatic carbocycles. The number of amides is 2. The first-order chi connectivity index (χ1) is 15.0. The van der Waals surface area contributed by atoms with Gasteiger partial charge in [-0.15, -0.1) is 0 Å². The molecular formula is C23H31N5O2S. The van der Waals surface area contributed by atoms with Crippen molar-refractivity contribution < 1.29 is 9.53 Å². The summed E-state index contributed by atoms with van der Waals surface area (Å²) in [4.78, 5) is 19.4. The molecule has 2 aliphatic heterocycles. The number of fused-ring (bicyclic) bond motifs is 1. The van der Waals surface area contributed by atoms with Gasteiger partial charge in [0, 0.05) is 25.7 Å². The van der Waals surface area contributed by atoms with E-state index in [0.29, 0.717) is 22.9 Å². The number of piperidine rings is 1. The van der Waals surface area contributed by atoms with Crippen molar-refractivity contribution in [3.8, 4) is 0 Å². The molecule has 0 bridgehead atoms. The molecule has 166 valence electrons. The van der Waals surface area contributed by atoms with Crippen LogP contribution in [-0.4, -0.2) is 48.7 Å². The van der Waals surface area contributed by atoms with Crippen LogP contribution in [0.5, 0.6) is 0 Å². The largest absolute Gasteiger partial charge is 0.481 e. The molecule has 2 fully saturated rings. The van der Waals surface area contributed by atoms with Crippen LogP contribution in [0, 0.1) is 5.41 Å². The van der Waals surface area contributed by atoms with E-state index in [1.54, 1.807) is 13.2 Å². The molecule has 8 heteroatoms. The zero-order valence-corrected chi connectivity index (χ0v) is 18.9. The van der Waals surface area contributed by atoms with Crippen molar-refractivity contribution in [2.24, 2.45) is 11.1 Å². The summed E-state index contributed by atoms with van der Waals surface area (Å²) in [6.07, 6.45) is 11.0. The number of hydrogen-bond donors (Lipinski definition) is 3. The van der Waals surface area contributed by atoms with E-state index in [1.807, 2.05) is 17.1 Å². The van der Waals surface area contributed by atoms with Crippen LogP contribution in [0.2, 0.25) is 0 Å². The van der Waals surface area contributed by atoms with E-state index in [0.717, 1.165) is 48.0 Å². The SMILES string of the molecule is C=C/C=C\C(=C)C1=c2sc(NC(=O)N3CCC4(CCC[C@H]4N)CC3)nc2=C(OC)NC1. The second kappa shape index (κ2) is 8.88. The summed E-state index contributed by atoms with van der Waals surface area (Å²) in [5.74, 6) is 0.603. The van der Waals surface area contributed by atoms with Gasteiger partial charge in [-0.25, -0.2) is 9.78 Å². The summed E-state index contributed by atoms with van der Waals surface area (Å²) >= 11 is 1.45. The standard InChI is InChI=1S/C23H31N5O2S/c1-4-5-7-15(2)16-14-25-20(30-3)18-19(16)31-21(26-18)27-22(29)28-12-10-23(11-13-28)9-6-8-17(23)24/h4-5,7,17,25H,1-2,6,8-14,24H2,3H3,(H,26,27,29)/b7-5-/t17-/m1/s1. The Kier molecular flexibility index (Phi) is 6.20. The second-order valence-corrected chi connectivity index (χ2v) is 9.46. The molecule has 4 N–H and O–H groups in total. The number of rotatable bonds is 5. The fraction of sp³-hybridized carbons (Fsp3) is 0.478. The molecule has 4 rings (SSSR count). The maximum absolute atomic E-state index is 12.9. The van der Waals surface area contributed by atoms with Gasteiger partial charge in [0.05, 0.1) is 11.6 Å². The van der Waals surface area contributed by atoms with Gasteiger partial charge in [0.2, 0.25) is 5.88 Å². The van der Waals surface area contributed by atoms with Gasteiger partial charge in [0.25, 0.3) is 0 Å². The number of urea groups is 1. The fourth-order valence-electron chi connectivity index (χ4n) is 4.89. The maximum Gasteiger partial charge on any atom is 0.323 e. The highest BCUT2D eigenvalue weighted by Crippen LogP contribution is 2.45. The molecule has 2 amide bonds. The highest BCUT2D eigenvalue weighted by molar-refractivity contribution is 7.13. The molecule has 1 spiro atoms. The highest BCUT2D eigenvalue weighted by Gasteiger charge is 2.43. The molecule has 0 unspecified atom stereocenters.